The second kappa shape index (κ2) is 10.9. The number of hydrogen-bond donors (Lipinski definition) is 3. The van der Waals surface area contributed by atoms with Crippen molar-refractivity contribution >= 4 is 17.6 Å². The van der Waals surface area contributed by atoms with Crippen LogP contribution in [0, 0.1) is 6.92 Å². The number of rotatable bonds is 8. The van der Waals surface area contributed by atoms with Crippen LogP contribution in [0.2, 0.25) is 0 Å². The number of urea groups is 1. The van der Waals surface area contributed by atoms with Gasteiger partial charge in [0.25, 0.3) is 5.91 Å². The summed E-state index contributed by atoms with van der Waals surface area (Å²) >= 11 is 0. The molecule has 0 saturated carbocycles. The molecule has 0 heterocycles. The van der Waals surface area contributed by atoms with Gasteiger partial charge in [-0.05, 0) is 61.4 Å². The molecule has 0 radical (unpaired) electrons. The Morgan fingerprint density at radius 1 is 0.938 bits per heavy atom. The highest BCUT2D eigenvalue weighted by Crippen LogP contribution is 2.27. The zero-order valence-corrected chi connectivity index (χ0v) is 18.4. The second-order valence-electron chi connectivity index (χ2n) is 7.05. The molecule has 3 N–H and O–H groups in total. The van der Waals surface area contributed by atoms with E-state index in [1.54, 1.807) is 37.4 Å². The zero-order valence-electron chi connectivity index (χ0n) is 18.4. The van der Waals surface area contributed by atoms with Gasteiger partial charge in [-0.3, -0.25) is 4.79 Å². The van der Waals surface area contributed by atoms with E-state index in [4.69, 9.17) is 9.47 Å². The summed E-state index contributed by atoms with van der Waals surface area (Å²) in [6.45, 7) is 4.70. The molecule has 3 aromatic rings. The summed E-state index contributed by atoms with van der Waals surface area (Å²) in [7, 11) is 1.59. The Morgan fingerprint density at radius 2 is 1.75 bits per heavy atom. The van der Waals surface area contributed by atoms with Gasteiger partial charge in [0.1, 0.15) is 17.2 Å². The number of ether oxygens (including phenoxy) is 2. The minimum atomic E-state index is -0.318. The highest BCUT2D eigenvalue weighted by Gasteiger charge is 2.09. The van der Waals surface area contributed by atoms with Crippen molar-refractivity contribution in [1.29, 1.82) is 0 Å². The van der Waals surface area contributed by atoms with E-state index in [0.717, 1.165) is 11.1 Å². The fraction of sp³-hybridized carbons (Fsp3) is 0.200. The monoisotopic (exact) mass is 433 g/mol. The molecule has 0 fully saturated rings. The molecular weight excluding hydrogens is 406 g/mol. The van der Waals surface area contributed by atoms with Crippen LogP contribution in [-0.4, -0.2) is 25.6 Å². The number of aryl methyl sites for hydroxylation is 1. The molecule has 0 aromatic heterocycles. The van der Waals surface area contributed by atoms with Gasteiger partial charge in [0.15, 0.2) is 0 Å². The number of nitrogens with one attached hydrogen (secondary N) is 3. The van der Waals surface area contributed by atoms with Crippen molar-refractivity contribution in [1.82, 2.24) is 10.6 Å². The van der Waals surface area contributed by atoms with Crippen molar-refractivity contribution < 1.29 is 19.1 Å². The van der Waals surface area contributed by atoms with E-state index >= 15 is 0 Å². The normalized spacial score (nSPS) is 10.2. The van der Waals surface area contributed by atoms with Crippen molar-refractivity contribution in [3.63, 3.8) is 0 Å². The summed E-state index contributed by atoms with van der Waals surface area (Å²) < 4.78 is 11.5. The molecule has 0 bridgehead atoms. The Morgan fingerprint density at radius 3 is 2.50 bits per heavy atom. The van der Waals surface area contributed by atoms with Crippen molar-refractivity contribution in [2.45, 2.75) is 20.4 Å². The molecule has 3 aromatic carbocycles. The molecule has 0 saturated heterocycles. The molecule has 0 unspecified atom stereocenters. The van der Waals surface area contributed by atoms with Gasteiger partial charge in [-0.15, -0.1) is 0 Å². The van der Waals surface area contributed by atoms with Crippen LogP contribution in [0.3, 0.4) is 0 Å². The Kier molecular flexibility index (Phi) is 7.70. The lowest BCUT2D eigenvalue weighted by Crippen LogP contribution is -2.28. The molecule has 7 nitrogen and oxygen atoms in total. The van der Waals surface area contributed by atoms with Gasteiger partial charge in [0, 0.05) is 19.2 Å². The molecule has 0 aliphatic carbocycles. The van der Waals surface area contributed by atoms with Crippen molar-refractivity contribution in [3.05, 3.63) is 83.4 Å². The van der Waals surface area contributed by atoms with Crippen LogP contribution in [-0.2, 0) is 6.54 Å². The van der Waals surface area contributed by atoms with Gasteiger partial charge in [-0.1, -0.05) is 30.3 Å². The highest BCUT2D eigenvalue weighted by atomic mass is 16.5. The van der Waals surface area contributed by atoms with E-state index in [1.807, 2.05) is 50.2 Å². The number of hydrogen-bond acceptors (Lipinski definition) is 4. The summed E-state index contributed by atoms with van der Waals surface area (Å²) in [5, 5.41) is 8.26. The summed E-state index contributed by atoms with van der Waals surface area (Å²) in [6.07, 6.45) is 0. The molecule has 0 atom stereocenters. The lowest BCUT2D eigenvalue weighted by molar-refractivity contribution is 0.0962. The number of carbonyl (C=O) groups excluding carboxylic acids is 2. The van der Waals surface area contributed by atoms with Crippen LogP contribution in [0.1, 0.15) is 28.4 Å². The third-order valence-corrected chi connectivity index (χ3v) is 4.68. The van der Waals surface area contributed by atoms with Crippen LogP contribution >= 0.6 is 0 Å². The van der Waals surface area contributed by atoms with E-state index in [1.165, 1.54) is 0 Å². The average molecular weight is 434 g/mol. The maximum atomic E-state index is 12.3. The van der Waals surface area contributed by atoms with Crippen LogP contribution in [0.15, 0.2) is 66.7 Å². The Balaban J connectivity index is 1.60. The van der Waals surface area contributed by atoms with Gasteiger partial charge in [-0.25, -0.2) is 4.79 Å². The predicted octanol–water partition coefficient (Wildman–Crippen LogP) is 4.87. The number of para-hydroxylation sites is 2. The number of amides is 3. The first-order chi connectivity index (χ1) is 15.5. The first-order valence-electron chi connectivity index (χ1n) is 10.4. The Bertz CT molecular complexity index is 1100. The van der Waals surface area contributed by atoms with Gasteiger partial charge in [0.05, 0.1) is 12.3 Å². The summed E-state index contributed by atoms with van der Waals surface area (Å²) in [5.41, 5.74) is 2.99. The van der Waals surface area contributed by atoms with Crippen LogP contribution in [0.5, 0.6) is 17.2 Å². The topological polar surface area (TPSA) is 88.7 Å². The molecule has 0 spiro atoms. The molecule has 0 aliphatic rings. The van der Waals surface area contributed by atoms with E-state index in [0.29, 0.717) is 41.7 Å². The standard InChI is InChI=1S/C25H27N3O4/c1-4-31-23-11-6-5-10-21(23)28-25(30)27-16-18-12-13-22(17(2)14-18)32-20-9-7-8-19(15-20)24(29)26-3/h5-15H,4,16H2,1-3H3,(H,26,29)(H2,27,28,30). The first-order valence-corrected chi connectivity index (χ1v) is 10.4. The Labute approximate surface area is 187 Å². The number of carbonyl (C=O) groups is 2. The molecule has 7 heteroatoms. The van der Waals surface area contributed by atoms with Gasteiger partial charge >= 0.3 is 6.03 Å². The largest absolute Gasteiger partial charge is 0.492 e. The van der Waals surface area contributed by atoms with Crippen molar-refractivity contribution in [2.75, 3.05) is 19.0 Å². The van der Waals surface area contributed by atoms with Crippen LogP contribution < -0.4 is 25.4 Å². The molecule has 166 valence electrons. The minimum Gasteiger partial charge on any atom is -0.492 e. The molecule has 0 aliphatic heterocycles. The van der Waals surface area contributed by atoms with Gasteiger partial charge in [-0.2, -0.15) is 0 Å². The number of benzene rings is 3. The van der Waals surface area contributed by atoms with Crippen LogP contribution in [0.4, 0.5) is 10.5 Å². The fourth-order valence-electron chi connectivity index (χ4n) is 3.11. The molecule has 3 rings (SSSR count). The smallest absolute Gasteiger partial charge is 0.319 e. The van der Waals surface area contributed by atoms with Crippen LogP contribution in [0.25, 0.3) is 0 Å². The van der Waals surface area contributed by atoms with E-state index < -0.39 is 0 Å². The highest BCUT2D eigenvalue weighted by molar-refractivity contribution is 5.94. The fourth-order valence-corrected chi connectivity index (χ4v) is 3.11. The second-order valence-corrected chi connectivity index (χ2v) is 7.05. The average Bonchev–Trinajstić information content (AvgIpc) is 2.80. The lowest BCUT2D eigenvalue weighted by Gasteiger charge is -2.13. The molecule has 32 heavy (non-hydrogen) atoms. The van der Waals surface area contributed by atoms with Gasteiger partial charge in [0.2, 0.25) is 0 Å². The SMILES string of the molecule is CCOc1ccccc1NC(=O)NCc1ccc(Oc2cccc(C(=O)NC)c2)c(C)c1. The maximum absolute atomic E-state index is 12.3. The third kappa shape index (κ3) is 6.01. The summed E-state index contributed by atoms with van der Waals surface area (Å²) in [5.74, 6) is 1.71. The predicted molar refractivity (Wildman–Crippen MR) is 125 cm³/mol. The quantitative estimate of drug-likeness (QED) is 0.473. The first kappa shape index (κ1) is 22.7. The van der Waals surface area contributed by atoms with E-state index in [-0.39, 0.29) is 11.9 Å². The van der Waals surface area contributed by atoms with Crippen molar-refractivity contribution in [3.8, 4) is 17.2 Å². The lowest BCUT2D eigenvalue weighted by atomic mass is 10.1. The third-order valence-electron chi connectivity index (χ3n) is 4.68. The summed E-state index contributed by atoms with van der Waals surface area (Å²) in [4.78, 5) is 24.1. The summed E-state index contributed by atoms with van der Waals surface area (Å²) in [6, 6.07) is 19.7. The number of anilines is 1. The zero-order chi connectivity index (χ0) is 22.9. The van der Waals surface area contributed by atoms with Crippen molar-refractivity contribution in [2.24, 2.45) is 0 Å². The molecular formula is C25H27N3O4. The Hall–Kier alpha value is -4.00. The van der Waals surface area contributed by atoms with Gasteiger partial charge < -0.3 is 25.4 Å². The minimum absolute atomic E-state index is 0.171. The van der Waals surface area contributed by atoms with E-state index in [9.17, 15) is 9.59 Å². The maximum Gasteiger partial charge on any atom is 0.319 e. The van der Waals surface area contributed by atoms with E-state index in [2.05, 4.69) is 16.0 Å². The molecule has 3 amide bonds.